The Bertz CT molecular complexity index is 965. The van der Waals surface area contributed by atoms with Crippen molar-refractivity contribution >= 4 is 20.2 Å². The number of benzene rings is 1. The van der Waals surface area contributed by atoms with E-state index in [-0.39, 0.29) is 36.6 Å². The van der Waals surface area contributed by atoms with Gasteiger partial charge in [-0.1, -0.05) is 39.8 Å². The summed E-state index contributed by atoms with van der Waals surface area (Å²) >= 11 is 0. The van der Waals surface area contributed by atoms with Crippen molar-refractivity contribution in [1.29, 1.82) is 5.26 Å². The Morgan fingerprint density at radius 2 is 1.39 bits per heavy atom. The van der Waals surface area contributed by atoms with Crippen LogP contribution < -0.4 is 0 Å². The van der Waals surface area contributed by atoms with Crippen molar-refractivity contribution < 1.29 is 16.8 Å². The van der Waals surface area contributed by atoms with Crippen molar-refractivity contribution in [2.75, 3.05) is 39.3 Å². The number of piperazine rings is 1. The summed E-state index contributed by atoms with van der Waals surface area (Å²) in [6.45, 7) is 9.48. The molecule has 8 nitrogen and oxygen atoms in total. The van der Waals surface area contributed by atoms with Gasteiger partial charge in [0, 0.05) is 39.3 Å². The second-order valence-electron chi connectivity index (χ2n) is 8.68. The van der Waals surface area contributed by atoms with Crippen molar-refractivity contribution in [1.82, 2.24) is 12.9 Å². The molecule has 2 rings (SSSR count). The van der Waals surface area contributed by atoms with Crippen LogP contribution in [0.4, 0.5) is 0 Å². The van der Waals surface area contributed by atoms with E-state index in [2.05, 4.69) is 27.7 Å². The summed E-state index contributed by atoms with van der Waals surface area (Å²) < 4.78 is 56.8. The molecule has 1 aromatic carbocycles. The van der Waals surface area contributed by atoms with Gasteiger partial charge in [-0.05, 0) is 36.8 Å². The van der Waals surface area contributed by atoms with Gasteiger partial charge in [-0.25, -0.2) is 8.42 Å². The van der Waals surface area contributed by atoms with E-state index in [0.29, 0.717) is 24.9 Å². The van der Waals surface area contributed by atoms with Crippen LogP contribution in [-0.2, 0) is 20.2 Å². The fourth-order valence-corrected chi connectivity index (χ4v) is 6.56. The first-order valence-electron chi connectivity index (χ1n) is 10.7. The van der Waals surface area contributed by atoms with Gasteiger partial charge in [-0.15, -0.1) is 0 Å². The third kappa shape index (κ3) is 6.49. The second kappa shape index (κ2) is 10.9. The fraction of sp³-hybridized carbons (Fsp3) is 0.667. The third-order valence-corrected chi connectivity index (χ3v) is 9.38. The van der Waals surface area contributed by atoms with E-state index in [4.69, 9.17) is 0 Å². The largest absolute Gasteiger partial charge is 0.282 e. The highest BCUT2D eigenvalue weighted by atomic mass is 32.2. The van der Waals surface area contributed by atoms with Gasteiger partial charge in [0.1, 0.15) is 6.07 Å². The maximum absolute atomic E-state index is 13.3. The molecule has 0 N–H and O–H groups in total. The van der Waals surface area contributed by atoms with E-state index < -0.39 is 20.2 Å². The molecule has 1 fully saturated rings. The van der Waals surface area contributed by atoms with Crippen LogP contribution in [0, 0.1) is 23.2 Å². The lowest BCUT2D eigenvalue weighted by atomic mass is 10.1. The van der Waals surface area contributed by atoms with E-state index in [0.717, 1.165) is 12.8 Å². The molecule has 0 amide bonds. The number of hydrogen-bond donors (Lipinski definition) is 0. The van der Waals surface area contributed by atoms with Gasteiger partial charge >= 0.3 is 0 Å². The summed E-state index contributed by atoms with van der Waals surface area (Å²) in [7, 11) is -7.53. The lowest BCUT2D eigenvalue weighted by Crippen LogP contribution is -2.54. The molecular formula is C21H34N4O4S2. The lowest BCUT2D eigenvalue weighted by molar-refractivity contribution is 0.248. The quantitative estimate of drug-likeness (QED) is 0.523. The van der Waals surface area contributed by atoms with Crippen molar-refractivity contribution in [3.63, 3.8) is 0 Å². The average molecular weight is 471 g/mol. The van der Waals surface area contributed by atoms with Gasteiger partial charge in [0.2, 0.25) is 10.0 Å². The predicted molar refractivity (Wildman–Crippen MR) is 121 cm³/mol. The number of hydrogen-bond acceptors (Lipinski definition) is 5. The number of sulfonamides is 1. The van der Waals surface area contributed by atoms with Crippen molar-refractivity contribution in [2.45, 2.75) is 45.4 Å². The summed E-state index contributed by atoms with van der Waals surface area (Å²) in [5.74, 6) is 0.776. The van der Waals surface area contributed by atoms with Gasteiger partial charge in [-0.2, -0.15) is 26.6 Å². The monoisotopic (exact) mass is 470 g/mol. The summed E-state index contributed by atoms with van der Waals surface area (Å²) in [6, 6.07) is 7.99. The minimum absolute atomic E-state index is 0.0377. The Morgan fingerprint density at radius 3 is 1.87 bits per heavy atom. The maximum Gasteiger partial charge on any atom is 0.282 e. The molecule has 0 aliphatic carbocycles. The SMILES string of the molecule is CC(C)CCN(CCC(C)C)S(=O)(=O)N1CCN(S(=O)(=O)c2ccccc2C#N)CC1. The molecule has 0 atom stereocenters. The Morgan fingerprint density at radius 1 is 0.903 bits per heavy atom. The van der Waals surface area contributed by atoms with Crippen molar-refractivity contribution in [2.24, 2.45) is 11.8 Å². The van der Waals surface area contributed by atoms with Crippen LogP contribution in [-0.4, -0.2) is 69.0 Å². The molecular weight excluding hydrogens is 436 g/mol. The molecule has 1 aromatic rings. The van der Waals surface area contributed by atoms with E-state index in [1.54, 1.807) is 16.4 Å². The molecule has 0 saturated carbocycles. The van der Waals surface area contributed by atoms with Crippen LogP contribution >= 0.6 is 0 Å². The van der Waals surface area contributed by atoms with Gasteiger partial charge in [0.05, 0.1) is 10.5 Å². The van der Waals surface area contributed by atoms with Crippen LogP contribution in [0.3, 0.4) is 0 Å². The van der Waals surface area contributed by atoms with Crippen LogP contribution in [0.1, 0.15) is 46.1 Å². The van der Waals surface area contributed by atoms with Crippen molar-refractivity contribution in [3.8, 4) is 6.07 Å². The molecule has 1 aliphatic rings. The van der Waals surface area contributed by atoms with E-state index >= 15 is 0 Å². The van der Waals surface area contributed by atoms with Gasteiger partial charge in [0.25, 0.3) is 10.2 Å². The second-order valence-corrected chi connectivity index (χ2v) is 12.5. The highest BCUT2D eigenvalue weighted by molar-refractivity contribution is 7.89. The number of nitrogens with zero attached hydrogens (tertiary/aromatic N) is 4. The molecule has 0 radical (unpaired) electrons. The van der Waals surface area contributed by atoms with Crippen LogP contribution in [0.5, 0.6) is 0 Å². The third-order valence-electron chi connectivity index (χ3n) is 5.39. The standard InChI is InChI=1S/C21H34N4O4S2/c1-18(2)9-11-24(12-10-19(3)4)31(28,29)25-15-13-23(14-16-25)30(26,27)21-8-6-5-7-20(21)17-22/h5-8,18-19H,9-16H2,1-4H3. The summed E-state index contributed by atoms with van der Waals surface area (Å²) in [5, 5.41) is 9.24. The summed E-state index contributed by atoms with van der Waals surface area (Å²) in [4.78, 5) is -0.0377. The normalized spacial score (nSPS) is 16.8. The van der Waals surface area contributed by atoms with Crippen LogP contribution in [0.2, 0.25) is 0 Å². The van der Waals surface area contributed by atoms with Gasteiger partial charge in [-0.3, -0.25) is 0 Å². The summed E-state index contributed by atoms with van der Waals surface area (Å²) in [6.07, 6.45) is 1.55. The molecule has 174 valence electrons. The van der Waals surface area contributed by atoms with E-state index in [9.17, 15) is 22.1 Å². The van der Waals surface area contributed by atoms with E-state index in [1.165, 1.54) is 20.7 Å². The Kier molecular flexibility index (Phi) is 9.03. The Hall–Kier alpha value is -1.51. The van der Waals surface area contributed by atoms with Crippen LogP contribution in [0.25, 0.3) is 0 Å². The number of nitriles is 1. The molecule has 0 unspecified atom stereocenters. The van der Waals surface area contributed by atoms with Crippen molar-refractivity contribution in [3.05, 3.63) is 29.8 Å². The van der Waals surface area contributed by atoms with Gasteiger partial charge in [0.15, 0.2) is 0 Å². The highest BCUT2D eigenvalue weighted by Crippen LogP contribution is 2.23. The minimum Gasteiger partial charge on any atom is -0.207 e. The average Bonchev–Trinajstić information content (AvgIpc) is 2.73. The lowest BCUT2D eigenvalue weighted by Gasteiger charge is -2.36. The van der Waals surface area contributed by atoms with Crippen LogP contribution in [0.15, 0.2) is 29.2 Å². The zero-order valence-corrected chi connectivity index (χ0v) is 20.5. The first kappa shape index (κ1) is 25.7. The molecule has 0 aromatic heterocycles. The Balaban J connectivity index is 2.14. The summed E-state index contributed by atoms with van der Waals surface area (Å²) in [5.41, 5.74) is 0.0890. The topological polar surface area (TPSA) is 102 Å². The zero-order chi connectivity index (χ0) is 23.2. The van der Waals surface area contributed by atoms with Gasteiger partial charge < -0.3 is 0 Å². The first-order valence-corrected chi connectivity index (χ1v) is 13.6. The molecule has 10 heteroatoms. The first-order chi connectivity index (χ1) is 14.5. The smallest absolute Gasteiger partial charge is 0.207 e. The Labute approximate surface area is 187 Å². The molecule has 0 bridgehead atoms. The fourth-order valence-electron chi connectivity index (χ4n) is 3.37. The molecule has 1 saturated heterocycles. The zero-order valence-electron chi connectivity index (χ0n) is 18.9. The predicted octanol–water partition coefficient (Wildman–Crippen LogP) is 2.50. The molecule has 0 spiro atoms. The van der Waals surface area contributed by atoms with E-state index in [1.807, 2.05) is 6.07 Å². The minimum atomic E-state index is -3.86. The number of rotatable bonds is 10. The maximum atomic E-state index is 13.3. The highest BCUT2D eigenvalue weighted by Gasteiger charge is 2.36. The molecule has 31 heavy (non-hydrogen) atoms. The molecule has 1 heterocycles. The molecule has 1 aliphatic heterocycles.